The van der Waals surface area contributed by atoms with Gasteiger partial charge in [0.1, 0.15) is 23.9 Å². The Morgan fingerprint density at radius 3 is 2.79 bits per heavy atom. The van der Waals surface area contributed by atoms with E-state index >= 15 is 0 Å². The largest absolute Gasteiger partial charge is 0.472 e. The summed E-state index contributed by atoms with van der Waals surface area (Å²) in [6, 6.07) is 1.21. The second-order valence-electron chi connectivity index (χ2n) is 9.40. The summed E-state index contributed by atoms with van der Waals surface area (Å²) in [5.74, 6) is 5.45. The molecule has 0 spiro atoms. The Bertz CT molecular complexity index is 950. The molecule has 2 N–H and O–H groups in total. The van der Waals surface area contributed by atoms with Gasteiger partial charge in [0.25, 0.3) is 5.91 Å². The number of aliphatic hydroxyl groups is 2. The van der Waals surface area contributed by atoms with Gasteiger partial charge in [-0.15, -0.1) is 0 Å². The van der Waals surface area contributed by atoms with Crippen LogP contribution in [0.2, 0.25) is 0 Å². The number of nitrogens with zero attached hydrogens (tertiary/aromatic N) is 3. The number of hydrogen-bond donors (Lipinski definition) is 2. The lowest BCUT2D eigenvalue weighted by atomic mass is 9.99. The van der Waals surface area contributed by atoms with E-state index in [1.807, 2.05) is 6.92 Å². The number of aromatic nitrogens is 1. The molecule has 3 rings (SSSR count). The Morgan fingerprint density at radius 2 is 2.15 bits per heavy atom. The summed E-state index contributed by atoms with van der Waals surface area (Å²) in [7, 11) is 3.14. The second-order valence-corrected chi connectivity index (χ2v) is 9.40. The molecule has 0 bridgehead atoms. The molecule has 1 fully saturated rings. The minimum atomic E-state index is -0.998. The molecule has 1 saturated carbocycles. The SMILES string of the molecule is COCC(=O)N(C)C[C@H]1Oc2ncc(C#CC3(O)CCCC3)cc2C(=O)N([C@H](C)CO)C[C@H]1C. The molecule has 0 radical (unpaired) electrons. The van der Waals surface area contributed by atoms with Crippen molar-refractivity contribution in [3.63, 3.8) is 0 Å². The number of hydrogen-bond acceptors (Lipinski definition) is 7. The molecule has 1 aromatic rings. The third-order valence-electron chi connectivity index (χ3n) is 6.54. The van der Waals surface area contributed by atoms with Gasteiger partial charge in [-0.05, 0) is 38.7 Å². The van der Waals surface area contributed by atoms with Crippen molar-refractivity contribution in [3.05, 3.63) is 23.4 Å². The van der Waals surface area contributed by atoms with Crippen molar-refractivity contribution in [2.24, 2.45) is 5.92 Å². The van der Waals surface area contributed by atoms with Crippen molar-refractivity contribution in [2.45, 2.75) is 57.3 Å². The minimum absolute atomic E-state index is 0.0347. The smallest absolute Gasteiger partial charge is 0.259 e. The van der Waals surface area contributed by atoms with Crippen molar-refractivity contribution in [3.8, 4) is 17.7 Å². The second kappa shape index (κ2) is 11.2. The molecule has 3 atom stereocenters. The van der Waals surface area contributed by atoms with E-state index in [-0.39, 0.29) is 48.9 Å². The zero-order valence-corrected chi connectivity index (χ0v) is 20.4. The number of amides is 2. The Labute approximate surface area is 201 Å². The molecular weight excluding hydrogens is 438 g/mol. The first kappa shape index (κ1) is 25.9. The van der Waals surface area contributed by atoms with Crippen LogP contribution in [-0.2, 0) is 9.53 Å². The van der Waals surface area contributed by atoms with Crippen LogP contribution in [0.3, 0.4) is 0 Å². The van der Waals surface area contributed by atoms with Crippen LogP contribution >= 0.6 is 0 Å². The highest BCUT2D eigenvalue weighted by Gasteiger charge is 2.35. The van der Waals surface area contributed by atoms with Gasteiger partial charge in [-0.1, -0.05) is 18.8 Å². The first-order valence-electron chi connectivity index (χ1n) is 11.7. The summed E-state index contributed by atoms with van der Waals surface area (Å²) in [6.07, 6.45) is 4.24. The normalized spacial score (nSPS) is 22.5. The molecule has 2 aliphatic rings. The van der Waals surface area contributed by atoms with Crippen molar-refractivity contribution < 1.29 is 29.3 Å². The van der Waals surface area contributed by atoms with Gasteiger partial charge in [0.05, 0.1) is 19.2 Å². The number of methoxy groups -OCH3 is 1. The first-order chi connectivity index (χ1) is 16.2. The highest BCUT2D eigenvalue weighted by molar-refractivity contribution is 5.97. The van der Waals surface area contributed by atoms with E-state index in [0.717, 1.165) is 12.8 Å². The van der Waals surface area contributed by atoms with Crippen molar-refractivity contribution >= 4 is 11.8 Å². The fraction of sp³-hybridized carbons (Fsp3) is 0.640. The van der Waals surface area contributed by atoms with Crippen molar-refractivity contribution in [1.82, 2.24) is 14.8 Å². The standard InChI is InChI=1S/C25H35N3O6/c1-17-13-28(18(2)15-29)24(31)20-11-19(7-10-25(32)8-5-6-9-25)12-26-23(20)34-21(17)14-27(3)22(30)16-33-4/h11-12,17-18,21,29,32H,5-6,8-9,13-16H2,1-4H3/t17-,18-,21-/m1/s1. The van der Waals surface area contributed by atoms with Gasteiger partial charge < -0.3 is 29.5 Å². The maximum Gasteiger partial charge on any atom is 0.259 e. The van der Waals surface area contributed by atoms with E-state index < -0.39 is 17.7 Å². The number of fused-ring (bicyclic) bond motifs is 1. The predicted molar refractivity (Wildman–Crippen MR) is 125 cm³/mol. The molecule has 34 heavy (non-hydrogen) atoms. The quantitative estimate of drug-likeness (QED) is 0.594. The predicted octanol–water partition coefficient (Wildman–Crippen LogP) is 1.06. The van der Waals surface area contributed by atoms with E-state index in [1.165, 1.54) is 18.2 Å². The third kappa shape index (κ3) is 6.06. The molecule has 1 aliphatic heterocycles. The van der Waals surface area contributed by atoms with Crippen LogP contribution in [0, 0.1) is 17.8 Å². The van der Waals surface area contributed by atoms with E-state index in [9.17, 15) is 19.8 Å². The van der Waals surface area contributed by atoms with Gasteiger partial charge in [0.15, 0.2) is 0 Å². The van der Waals surface area contributed by atoms with Crippen molar-refractivity contribution in [1.29, 1.82) is 0 Å². The number of aliphatic hydroxyl groups excluding tert-OH is 1. The monoisotopic (exact) mass is 473 g/mol. The summed E-state index contributed by atoms with van der Waals surface area (Å²) in [4.78, 5) is 33.2. The highest BCUT2D eigenvalue weighted by Crippen LogP contribution is 2.30. The van der Waals surface area contributed by atoms with E-state index in [2.05, 4.69) is 16.8 Å². The van der Waals surface area contributed by atoms with Crippen LogP contribution < -0.4 is 4.74 Å². The molecule has 186 valence electrons. The van der Waals surface area contributed by atoms with Gasteiger partial charge in [0.2, 0.25) is 11.8 Å². The lowest BCUT2D eigenvalue weighted by molar-refractivity contribution is -0.135. The van der Waals surface area contributed by atoms with Crippen LogP contribution in [0.4, 0.5) is 0 Å². The molecule has 1 aromatic heterocycles. The number of pyridine rings is 1. The number of carbonyl (C=O) groups is 2. The summed E-state index contributed by atoms with van der Waals surface area (Å²) >= 11 is 0. The van der Waals surface area contributed by atoms with Gasteiger partial charge >= 0.3 is 0 Å². The van der Waals surface area contributed by atoms with Crippen LogP contribution in [-0.4, -0.2) is 95.0 Å². The Balaban J connectivity index is 1.95. The van der Waals surface area contributed by atoms with Crippen molar-refractivity contribution in [2.75, 3.05) is 40.5 Å². The molecular formula is C25H35N3O6. The summed E-state index contributed by atoms with van der Waals surface area (Å²) < 4.78 is 11.1. The molecule has 0 saturated heterocycles. The van der Waals surface area contributed by atoms with E-state index in [4.69, 9.17) is 9.47 Å². The molecule has 2 heterocycles. The van der Waals surface area contributed by atoms with Gasteiger partial charge in [0, 0.05) is 38.4 Å². The zero-order chi connectivity index (χ0) is 24.9. The van der Waals surface area contributed by atoms with Crippen LogP contribution in [0.5, 0.6) is 5.88 Å². The average molecular weight is 474 g/mol. The molecule has 0 unspecified atom stereocenters. The number of ether oxygens (including phenoxy) is 2. The average Bonchev–Trinajstić information content (AvgIpc) is 3.26. The first-order valence-corrected chi connectivity index (χ1v) is 11.7. The van der Waals surface area contributed by atoms with Crippen LogP contribution in [0.1, 0.15) is 55.5 Å². The van der Waals surface area contributed by atoms with E-state index in [0.29, 0.717) is 24.9 Å². The lowest BCUT2D eigenvalue weighted by Crippen LogP contribution is -2.50. The van der Waals surface area contributed by atoms with Gasteiger partial charge in [-0.25, -0.2) is 4.98 Å². The molecule has 0 aromatic carbocycles. The zero-order valence-electron chi connectivity index (χ0n) is 20.4. The fourth-order valence-corrected chi connectivity index (χ4v) is 4.27. The van der Waals surface area contributed by atoms with Crippen LogP contribution in [0.25, 0.3) is 0 Å². The Hall–Kier alpha value is -2.67. The van der Waals surface area contributed by atoms with E-state index in [1.54, 1.807) is 24.9 Å². The maximum absolute atomic E-state index is 13.4. The van der Waals surface area contributed by atoms with Gasteiger partial charge in [-0.3, -0.25) is 9.59 Å². The summed E-state index contributed by atoms with van der Waals surface area (Å²) in [6.45, 7) is 4.12. The highest BCUT2D eigenvalue weighted by atomic mass is 16.5. The topological polar surface area (TPSA) is 112 Å². The third-order valence-corrected chi connectivity index (χ3v) is 6.54. The van der Waals surface area contributed by atoms with Gasteiger partial charge in [-0.2, -0.15) is 0 Å². The fourth-order valence-electron chi connectivity index (χ4n) is 4.27. The molecule has 9 nitrogen and oxygen atoms in total. The summed E-state index contributed by atoms with van der Waals surface area (Å²) in [5, 5.41) is 20.3. The minimum Gasteiger partial charge on any atom is -0.472 e. The number of likely N-dealkylation sites (N-methyl/N-ethyl adjacent to an activating group) is 1. The maximum atomic E-state index is 13.4. The summed E-state index contributed by atoms with van der Waals surface area (Å²) in [5.41, 5.74) is -0.249. The molecule has 1 aliphatic carbocycles. The Morgan fingerprint density at radius 1 is 1.44 bits per heavy atom. The van der Waals surface area contributed by atoms with Crippen LogP contribution in [0.15, 0.2) is 12.3 Å². The molecule has 2 amide bonds. The lowest BCUT2D eigenvalue weighted by Gasteiger charge is -2.37. The Kier molecular flexibility index (Phi) is 8.52. The number of rotatable bonds is 6. The molecule has 9 heteroatoms. The number of carbonyl (C=O) groups excluding carboxylic acids is 2.